The fourth-order valence-electron chi connectivity index (χ4n) is 2.31. The molecule has 0 spiro atoms. The minimum absolute atomic E-state index is 0.137. The van der Waals surface area contributed by atoms with E-state index in [0.717, 1.165) is 18.6 Å². The van der Waals surface area contributed by atoms with Gasteiger partial charge in [0, 0.05) is 6.54 Å². The first-order chi connectivity index (χ1) is 7.93. The topological polar surface area (TPSA) is 53.7 Å². The fourth-order valence-corrected chi connectivity index (χ4v) is 2.31. The molecular formula is C13H19NO3. The zero-order valence-electron chi connectivity index (χ0n) is 10.6. The van der Waals surface area contributed by atoms with E-state index >= 15 is 0 Å². The van der Waals surface area contributed by atoms with Crippen LogP contribution < -0.4 is 0 Å². The van der Waals surface area contributed by atoms with Gasteiger partial charge in [-0.1, -0.05) is 0 Å². The highest BCUT2D eigenvalue weighted by Crippen LogP contribution is 2.29. The van der Waals surface area contributed by atoms with Crippen molar-refractivity contribution in [2.45, 2.75) is 45.3 Å². The largest absolute Gasteiger partial charge is 0.456 e. The van der Waals surface area contributed by atoms with Crippen LogP contribution in [-0.2, 0) is 0 Å². The van der Waals surface area contributed by atoms with Crippen LogP contribution in [0.4, 0.5) is 0 Å². The average molecular weight is 237 g/mol. The number of aliphatic hydroxyl groups is 1. The summed E-state index contributed by atoms with van der Waals surface area (Å²) in [6.07, 6.45) is 1.10. The second-order valence-electron chi connectivity index (χ2n) is 5.18. The highest BCUT2D eigenvalue weighted by molar-refractivity contribution is 5.92. The lowest BCUT2D eigenvalue weighted by Crippen LogP contribution is -2.58. The molecule has 1 atom stereocenters. The van der Waals surface area contributed by atoms with E-state index in [-0.39, 0.29) is 5.91 Å². The molecule has 1 saturated heterocycles. The van der Waals surface area contributed by atoms with Crippen LogP contribution in [0.15, 0.2) is 16.5 Å². The average Bonchev–Trinajstić information content (AvgIpc) is 2.68. The summed E-state index contributed by atoms with van der Waals surface area (Å²) in [4.78, 5) is 14.0. The van der Waals surface area contributed by atoms with Crippen LogP contribution >= 0.6 is 0 Å². The predicted octanol–water partition coefficient (Wildman–Crippen LogP) is 1.96. The molecule has 1 amide bonds. The summed E-state index contributed by atoms with van der Waals surface area (Å²) in [6, 6.07) is 3.47. The van der Waals surface area contributed by atoms with E-state index in [2.05, 4.69) is 0 Å². The molecule has 0 aliphatic carbocycles. The summed E-state index contributed by atoms with van der Waals surface area (Å²) < 4.78 is 5.35. The number of carbonyl (C=O) groups excluding carboxylic acids is 1. The van der Waals surface area contributed by atoms with Gasteiger partial charge in [-0.2, -0.15) is 0 Å². The molecule has 0 aromatic carbocycles. The van der Waals surface area contributed by atoms with Gasteiger partial charge in [0.05, 0.1) is 11.6 Å². The maximum Gasteiger partial charge on any atom is 0.290 e. The highest BCUT2D eigenvalue weighted by atomic mass is 16.4. The van der Waals surface area contributed by atoms with Gasteiger partial charge in [0.15, 0.2) is 5.76 Å². The van der Waals surface area contributed by atoms with E-state index in [0.29, 0.717) is 12.3 Å². The maximum absolute atomic E-state index is 12.3. The summed E-state index contributed by atoms with van der Waals surface area (Å²) in [5.74, 6) is 0.940. The molecule has 0 bridgehead atoms. The van der Waals surface area contributed by atoms with Crippen LogP contribution in [0.1, 0.15) is 43.0 Å². The molecule has 4 nitrogen and oxygen atoms in total. The molecule has 2 rings (SSSR count). The molecule has 2 heterocycles. The van der Waals surface area contributed by atoms with Gasteiger partial charge in [0.1, 0.15) is 5.76 Å². The van der Waals surface area contributed by atoms with E-state index in [1.165, 1.54) is 0 Å². The van der Waals surface area contributed by atoms with Gasteiger partial charge in [-0.25, -0.2) is 0 Å². The first kappa shape index (κ1) is 12.2. The first-order valence-electron chi connectivity index (χ1n) is 5.99. The van der Waals surface area contributed by atoms with Crippen LogP contribution in [0.5, 0.6) is 0 Å². The number of nitrogens with zero attached hydrogens (tertiary/aromatic N) is 1. The van der Waals surface area contributed by atoms with Crippen molar-refractivity contribution in [1.82, 2.24) is 4.90 Å². The molecule has 0 radical (unpaired) electrons. The van der Waals surface area contributed by atoms with E-state index in [4.69, 9.17) is 4.42 Å². The smallest absolute Gasteiger partial charge is 0.290 e. The molecular weight excluding hydrogens is 218 g/mol. The minimum Gasteiger partial charge on any atom is -0.456 e. The third kappa shape index (κ3) is 2.09. The van der Waals surface area contributed by atoms with E-state index < -0.39 is 11.6 Å². The summed E-state index contributed by atoms with van der Waals surface area (Å²) in [7, 11) is 0. The number of furan rings is 1. The third-order valence-electron chi connectivity index (χ3n) is 3.57. The summed E-state index contributed by atoms with van der Waals surface area (Å²) in [5.41, 5.74) is -0.532. The number of amides is 1. The van der Waals surface area contributed by atoms with E-state index in [1.807, 2.05) is 20.8 Å². The second kappa shape index (κ2) is 4.18. The lowest BCUT2D eigenvalue weighted by Gasteiger charge is -2.45. The number of aryl methyl sites for hydroxylation is 1. The maximum atomic E-state index is 12.3. The second-order valence-corrected chi connectivity index (χ2v) is 5.18. The van der Waals surface area contributed by atoms with Gasteiger partial charge in [-0.15, -0.1) is 0 Å². The molecule has 0 saturated carbocycles. The third-order valence-corrected chi connectivity index (χ3v) is 3.57. The van der Waals surface area contributed by atoms with Gasteiger partial charge in [0.25, 0.3) is 5.91 Å². The zero-order valence-corrected chi connectivity index (χ0v) is 10.6. The summed E-state index contributed by atoms with van der Waals surface area (Å²) in [6.45, 7) is 6.27. The Kier molecular flexibility index (Phi) is 3.00. The SMILES string of the molecule is Cc1ccc(C(=O)N2CCCC(O)C2(C)C)o1. The molecule has 1 fully saturated rings. The Morgan fingerprint density at radius 3 is 2.82 bits per heavy atom. The quantitative estimate of drug-likeness (QED) is 0.812. The van der Waals surface area contributed by atoms with Gasteiger partial charge >= 0.3 is 0 Å². The van der Waals surface area contributed by atoms with Crippen LogP contribution in [0, 0.1) is 6.92 Å². The molecule has 1 aromatic heterocycles. The van der Waals surface area contributed by atoms with Gasteiger partial charge in [-0.05, 0) is 45.7 Å². The van der Waals surface area contributed by atoms with Crippen molar-refractivity contribution in [2.24, 2.45) is 0 Å². The molecule has 1 aliphatic heterocycles. The number of hydrogen-bond donors (Lipinski definition) is 1. The van der Waals surface area contributed by atoms with Crippen molar-refractivity contribution in [1.29, 1.82) is 0 Å². The van der Waals surface area contributed by atoms with Crippen LogP contribution in [0.3, 0.4) is 0 Å². The molecule has 1 aliphatic rings. The number of likely N-dealkylation sites (tertiary alicyclic amines) is 1. The normalized spacial score (nSPS) is 23.8. The Balaban J connectivity index is 2.24. The lowest BCUT2D eigenvalue weighted by molar-refractivity contribution is -0.0321. The zero-order chi connectivity index (χ0) is 12.6. The summed E-state index contributed by atoms with van der Waals surface area (Å²) >= 11 is 0. The Labute approximate surface area is 101 Å². The van der Waals surface area contributed by atoms with Gasteiger partial charge in [-0.3, -0.25) is 4.79 Å². The molecule has 94 valence electrons. The highest BCUT2D eigenvalue weighted by Gasteiger charge is 2.41. The standard InChI is InChI=1S/C13H19NO3/c1-9-6-7-10(17-9)12(16)14-8-4-5-11(15)13(14,2)3/h6-7,11,15H,4-5,8H2,1-3H3. The monoisotopic (exact) mass is 237 g/mol. The molecule has 17 heavy (non-hydrogen) atoms. The molecule has 1 aromatic rings. The Bertz CT molecular complexity index is 422. The number of carbonyl (C=O) groups is 1. The van der Waals surface area contributed by atoms with Crippen LogP contribution in [0.25, 0.3) is 0 Å². The van der Waals surface area contributed by atoms with Crippen LogP contribution in [0.2, 0.25) is 0 Å². The van der Waals surface area contributed by atoms with E-state index in [9.17, 15) is 9.90 Å². The lowest BCUT2D eigenvalue weighted by atomic mass is 9.87. The number of hydrogen-bond acceptors (Lipinski definition) is 3. The van der Waals surface area contributed by atoms with Crippen molar-refractivity contribution in [2.75, 3.05) is 6.54 Å². The Morgan fingerprint density at radius 1 is 1.53 bits per heavy atom. The predicted molar refractivity (Wildman–Crippen MR) is 63.8 cm³/mol. The number of piperidine rings is 1. The van der Waals surface area contributed by atoms with Crippen molar-refractivity contribution in [3.05, 3.63) is 23.7 Å². The van der Waals surface area contributed by atoms with Gasteiger partial charge in [0.2, 0.25) is 0 Å². The van der Waals surface area contributed by atoms with Crippen molar-refractivity contribution in [3.8, 4) is 0 Å². The van der Waals surface area contributed by atoms with Crippen LogP contribution in [-0.4, -0.2) is 34.1 Å². The van der Waals surface area contributed by atoms with Crippen molar-refractivity contribution >= 4 is 5.91 Å². The molecule has 4 heteroatoms. The summed E-state index contributed by atoms with van der Waals surface area (Å²) in [5, 5.41) is 9.98. The Morgan fingerprint density at radius 2 is 2.24 bits per heavy atom. The molecule has 1 N–H and O–H groups in total. The number of rotatable bonds is 1. The fraction of sp³-hybridized carbons (Fsp3) is 0.615. The minimum atomic E-state index is -0.532. The Hall–Kier alpha value is -1.29. The molecule has 1 unspecified atom stereocenters. The van der Waals surface area contributed by atoms with Crippen molar-refractivity contribution in [3.63, 3.8) is 0 Å². The van der Waals surface area contributed by atoms with Gasteiger partial charge < -0.3 is 14.4 Å². The van der Waals surface area contributed by atoms with Crippen molar-refractivity contribution < 1.29 is 14.3 Å². The first-order valence-corrected chi connectivity index (χ1v) is 5.99. The van der Waals surface area contributed by atoms with E-state index in [1.54, 1.807) is 17.0 Å². The number of aliphatic hydroxyl groups excluding tert-OH is 1.